The van der Waals surface area contributed by atoms with Gasteiger partial charge >= 0.3 is 0 Å². The zero-order valence-electron chi connectivity index (χ0n) is 13.4. The SMILES string of the molecule is CCc1nc(C)cc(N2CCOC3(CCN(C)CC3)C2)n1. The molecule has 0 bridgehead atoms. The Kier molecular flexibility index (Phi) is 4.13. The van der Waals surface area contributed by atoms with Crippen LogP contribution in [0.25, 0.3) is 0 Å². The molecule has 116 valence electrons. The van der Waals surface area contributed by atoms with Crippen molar-refractivity contribution in [2.45, 2.75) is 38.7 Å². The lowest BCUT2D eigenvalue weighted by Crippen LogP contribution is -2.56. The van der Waals surface area contributed by atoms with Gasteiger partial charge in [0.15, 0.2) is 0 Å². The molecule has 0 radical (unpaired) electrons. The van der Waals surface area contributed by atoms with Crippen LogP contribution in [0.4, 0.5) is 5.82 Å². The van der Waals surface area contributed by atoms with Gasteiger partial charge in [-0.05, 0) is 26.8 Å². The minimum absolute atomic E-state index is 0.0238. The van der Waals surface area contributed by atoms with Crippen molar-refractivity contribution in [3.8, 4) is 0 Å². The summed E-state index contributed by atoms with van der Waals surface area (Å²) in [7, 11) is 2.19. The van der Waals surface area contributed by atoms with Crippen LogP contribution in [0.5, 0.6) is 0 Å². The van der Waals surface area contributed by atoms with E-state index in [0.29, 0.717) is 0 Å². The molecule has 0 aromatic carbocycles. The van der Waals surface area contributed by atoms with Crippen LogP contribution >= 0.6 is 0 Å². The molecule has 1 aromatic rings. The van der Waals surface area contributed by atoms with Crippen molar-refractivity contribution in [3.05, 3.63) is 17.6 Å². The topological polar surface area (TPSA) is 41.5 Å². The van der Waals surface area contributed by atoms with Crippen molar-refractivity contribution >= 4 is 5.82 Å². The third-order valence-electron chi connectivity index (χ3n) is 4.67. The van der Waals surface area contributed by atoms with Gasteiger partial charge in [-0.25, -0.2) is 9.97 Å². The molecular weight excluding hydrogens is 264 g/mol. The molecule has 0 saturated carbocycles. The zero-order chi connectivity index (χ0) is 14.9. The predicted octanol–water partition coefficient (Wildman–Crippen LogP) is 1.65. The van der Waals surface area contributed by atoms with Gasteiger partial charge in [0.2, 0.25) is 0 Å². The minimum Gasteiger partial charge on any atom is -0.371 e. The van der Waals surface area contributed by atoms with Crippen molar-refractivity contribution in [1.82, 2.24) is 14.9 Å². The molecule has 0 atom stereocenters. The Bertz CT molecular complexity index is 497. The van der Waals surface area contributed by atoms with Crippen molar-refractivity contribution < 1.29 is 4.74 Å². The summed E-state index contributed by atoms with van der Waals surface area (Å²) in [5.41, 5.74) is 1.08. The van der Waals surface area contributed by atoms with E-state index in [4.69, 9.17) is 9.72 Å². The molecule has 1 spiro atoms. The van der Waals surface area contributed by atoms with Crippen molar-refractivity contribution in [3.63, 3.8) is 0 Å². The van der Waals surface area contributed by atoms with Gasteiger partial charge in [-0.2, -0.15) is 0 Å². The first-order chi connectivity index (χ1) is 10.1. The summed E-state index contributed by atoms with van der Waals surface area (Å²) in [4.78, 5) is 14.0. The molecule has 1 aromatic heterocycles. The molecule has 2 saturated heterocycles. The zero-order valence-corrected chi connectivity index (χ0v) is 13.4. The van der Waals surface area contributed by atoms with Crippen LogP contribution in [0.2, 0.25) is 0 Å². The maximum atomic E-state index is 6.18. The van der Waals surface area contributed by atoms with Crippen LogP contribution in [0.15, 0.2) is 6.07 Å². The molecule has 5 heteroatoms. The fourth-order valence-corrected chi connectivity index (χ4v) is 3.30. The summed E-state index contributed by atoms with van der Waals surface area (Å²) < 4.78 is 6.18. The Hall–Kier alpha value is -1.20. The van der Waals surface area contributed by atoms with E-state index in [1.54, 1.807) is 0 Å². The highest BCUT2D eigenvalue weighted by molar-refractivity contribution is 5.41. The summed E-state index contributed by atoms with van der Waals surface area (Å²) in [6, 6.07) is 2.10. The lowest BCUT2D eigenvalue weighted by molar-refractivity contribution is -0.0884. The van der Waals surface area contributed by atoms with Crippen LogP contribution in [0.1, 0.15) is 31.3 Å². The highest BCUT2D eigenvalue weighted by Gasteiger charge is 2.39. The molecule has 3 rings (SSSR count). The smallest absolute Gasteiger partial charge is 0.132 e. The summed E-state index contributed by atoms with van der Waals surface area (Å²) in [5.74, 6) is 2.01. The number of morpholine rings is 1. The third-order valence-corrected chi connectivity index (χ3v) is 4.67. The van der Waals surface area contributed by atoms with Crippen LogP contribution in [0.3, 0.4) is 0 Å². The van der Waals surface area contributed by atoms with E-state index in [2.05, 4.69) is 41.7 Å². The molecule has 0 N–H and O–H groups in total. The Balaban J connectivity index is 1.78. The second kappa shape index (κ2) is 5.89. The number of aromatic nitrogens is 2. The number of likely N-dealkylation sites (tertiary alicyclic amines) is 1. The number of hydrogen-bond acceptors (Lipinski definition) is 5. The van der Waals surface area contributed by atoms with Gasteiger partial charge in [0.05, 0.1) is 12.2 Å². The Labute approximate surface area is 127 Å². The molecule has 2 fully saturated rings. The number of piperidine rings is 1. The van der Waals surface area contributed by atoms with Crippen LogP contribution in [0, 0.1) is 6.92 Å². The van der Waals surface area contributed by atoms with E-state index < -0.39 is 0 Å². The maximum absolute atomic E-state index is 6.18. The second-order valence-corrected chi connectivity index (χ2v) is 6.39. The van der Waals surface area contributed by atoms with Crippen molar-refractivity contribution in [2.24, 2.45) is 0 Å². The quantitative estimate of drug-likeness (QED) is 0.828. The van der Waals surface area contributed by atoms with Crippen LogP contribution in [-0.4, -0.2) is 60.3 Å². The fraction of sp³-hybridized carbons (Fsp3) is 0.750. The number of rotatable bonds is 2. The van der Waals surface area contributed by atoms with Gasteiger partial charge in [-0.1, -0.05) is 6.92 Å². The Morgan fingerprint density at radius 3 is 2.71 bits per heavy atom. The summed E-state index contributed by atoms with van der Waals surface area (Å²) in [5, 5.41) is 0. The predicted molar refractivity (Wildman–Crippen MR) is 83.8 cm³/mol. The van der Waals surface area contributed by atoms with E-state index in [1.165, 1.54) is 0 Å². The van der Waals surface area contributed by atoms with Gasteiger partial charge in [0.25, 0.3) is 0 Å². The molecule has 0 amide bonds. The normalized spacial score (nSPS) is 22.7. The lowest BCUT2D eigenvalue weighted by Gasteiger charge is -2.47. The monoisotopic (exact) mass is 290 g/mol. The minimum atomic E-state index is 0.0238. The van der Waals surface area contributed by atoms with E-state index in [0.717, 1.165) is 69.4 Å². The summed E-state index contributed by atoms with van der Waals surface area (Å²) >= 11 is 0. The summed E-state index contributed by atoms with van der Waals surface area (Å²) in [6.45, 7) is 9.09. The van der Waals surface area contributed by atoms with Crippen molar-refractivity contribution in [2.75, 3.05) is 44.7 Å². The first-order valence-corrected chi connectivity index (χ1v) is 8.02. The largest absolute Gasteiger partial charge is 0.371 e. The third kappa shape index (κ3) is 3.19. The Morgan fingerprint density at radius 1 is 1.24 bits per heavy atom. The first-order valence-electron chi connectivity index (χ1n) is 8.02. The van der Waals surface area contributed by atoms with E-state index >= 15 is 0 Å². The number of anilines is 1. The maximum Gasteiger partial charge on any atom is 0.132 e. The molecule has 0 unspecified atom stereocenters. The van der Waals surface area contributed by atoms with Gasteiger partial charge < -0.3 is 14.5 Å². The number of hydrogen-bond donors (Lipinski definition) is 0. The standard InChI is InChI=1S/C16H26N4O/c1-4-14-17-13(2)11-15(18-14)20-9-10-21-16(12-20)5-7-19(3)8-6-16/h11H,4-10,12H2,1-3H3. The molecular formula is C16H26N4O. The summed E-state index contributed by atoms with van der Waals surface area (Å²) in [6.07, 6.45) is 3.12. The highest BCUT2D eigenvalue weighted by atomic mass is 16.5. The van der Waals surface area contributed by atoms with E-state index in [-0.39, 0.29) is 5.60 Å². The fourth-order valence-electron chi connectivity index (χ4n) is 3.30. The molecule has 5 nitrogen and oxygen atoms in total. The van der Waals surface area contributed by atoms with Gasteiger partial charge in [0, 0.05) is 44.4 Å². The first kappa shape index (κ1) is 14.7. The number of nitrogens with zero attached hydrogens (tertiary/aromatic N) is 4. The molecule has 3 heterocycles. The van der Waals surface area contributed by atoms with Crippen molar-refractivity contribution in [1.29, 1.82) is 0 Å². The second-order valence-electron chi connectivity index (χ2n) is 6.39. The number of aryl methyl sites for hydroxylation is 2. The van der Waals surface area contributed by atoms with Crippen LogP contribution in [-0.2, 0) is 11.2 Å². The van der Waals surface area contributed by atoms with Gasteiger partial charge in [-0.15, -0.1) is 0 Å². The van der Waals surface area contributed by atoms with Gasteiger partial charge in [-0.3, -0.25) is 0 Å². The number of ether oxygens (including phenoxy) is 1. The van der Waals surface area contributed by atoms with E-state index in [1.807, 2.05) is 0 Å². The lowest BCUT2D eigenvalue weighted by atomic mass is 9.89. The van der Waals surface area contributed by atoms with E-state index in [9.17, 15) is 0 Å². The molecule has 21 heavy (non-hydrogen) atoms. The molecule has 2 aliphatic heterocycles. The molecule has 0 aliphatic carbocycles. The van der Waals surface area contributed by atoms with Crippen LogP contribution < -0.4 is 4.90 Å². The molecule has 2 aliphatic rings. The Morgan fingerprint density at radius 2 is 2.00 bits per heavy atom. The van der Waals surface area contributed by atoms with Gasteiger partial charge in [0.1, 0.15) is 11.6 Å². The average molecular weight is 290 g/mol. The average Bonchev–Trinajstić information content (AvgIpc) is 2.50. The highest BCUT2D eigenvalue weighted by Crippen LogP contribution is 2.31.